The number of aryl methyl sites for hydroxylation is 1. The summed E-state index contributed by atoms with van der Waals surface area (Å²) in [5, 5.41) is 20.6. The van der Waals surface area contributed by atoms with E-state index in [2.05, 4.69) is 25.1 Å². The molecule has 0 amide bonds. The predicted octanol–water partition coefficient (Wildman–Crippen LogP) is 3.38. The van der Waals surface area contributed by atoms with Gasteiger partial charge in [0.2, 0.25) is 0 Å². The van der Waals surface area contributed by atoms with Gasteiger partial charge in [0.15, 0.2) is 11.3 Å². The summed E-state index contributed by atoms with van der Waals surface area (Å²) in [6, 6.07) is 11.3. The van der Waals surface area contributed by atoms with Crippen molar-refractivity contribution < 1.29 is 5.11 Å². The molecule has 1 fully saturated rings. The molecular weight excluding hydrogens is 442 g/mol. The van der Waals surface area contributed by atoms with Crippen molar-refractivity contribution in [3.63, 3.8) is 0 Å². The fourth-order valence-electron chi connectivity index (χ4n) is 4.83. The molecule has 3 aromatic rings. The van der Waals surface area contributed by atoms with Gasteiger partial charge >= 0.3 is 0 Å². The lowest BCUT2D eigenvalue weighted by Crippen LogP contribution is -2.33. The van der Waals surface area contributed by atoms with Crippen LogP contribution in [0, 0.1) is 6.92 Å². The lowest BCUT2D eigenvalue weighted by atomic mass is 9.93. The Kier molecular flexibility index (Phi) is 5.33. The zero-order valence-electron chi connectivity index (χ0n) is 19.4. The normalized spacial score (nSPS) is 18.3. The Morgan fingerprint density at radius 1 is 0.971 bits per heavy atom. The zero-order valence-corrected chi connectivity index (χ0v) is 19.4. The van der Waals surface area contributed by atoms with Crippen molar-refractivity contribution in [2.45, 2.75) is 51.3 Å². The molecule has 3 aromatic heterocycles. The van der Waals surface area contributed by atoms with Crippen molar-refractivity contribution in [1.29, 1.82) is 0 Å². The van der Waals surface area contributed by atoms with Crippen LogP contribution < -0.4 is 5.56 Å². The van der Waals surface area contributed by atoms with E-state index in [1.54, 1.807) is 10.9 Å². The lowest BCUT2D eigenvalue weighted by molar-refractivity contribution is 0.0681. The van der Waals surface area contributed by atoms with Gasteiger partial charge in [-0.3, -0.25) is 14.8 Å². The highest BCUT2D eigenvalue weighted by Crippen LogP contribution is 2.30. The molecule has 3 aliphatic rings. The molecule has 5 heterocycles. The van der Waals surface area contributed by atoms with Crippen LogP contribution in [-0.2, 0) is 6.54 Å². The Morgan fingerprint density at radius 3 is 2.63 bits per heavy atom. The van der Waals surface area contributed by atoms with Gasteiger partial charge in [-0.05, 0) is 55.7 Å². The molecule has 0 aromatic carbocycles. The number of aliphatic hydroxyl groups excluding tert-OH is 1. The molecule has 176 valence electrons. The molecule has 0 unspecified atom stereocenters. The van der Waals surface area contributed by atoms with Crippen molar-refractivity contribution in [3.05, 3.63) is 76.6 Å². The van der Waals surface area contributed by atoms with Crippen LogP contribution in [0.5, 0.6) is 0 Å². The first-order chi connectivity index (χ1) is 17.1. The summed E-state index contributed by atoms with van der Waals surface area (Å²) in [5.74, 6) is 0. The predicted molar refractivity (Wildman–Crippen MR) is 131 cm³/mol. The van der Waals surface area contributed by atoms with Crippen molar-refractivity contribution >= 4 is 11.0 Å². The summed E-state index contributed by atoms with van der Waals surface area (Å²) in [4.78, 5) is 26.8. The van der Waals surface area contributed by atoms with Crippen LogP contribution in [-0.4, -0.2) is 45.7 Å². The molecule has 0 spiro atoms. The summed E-state index contributed by atoms with van der Waals surface area (Å²) in [6.07, 6.45) is 8.10. The Labute approximate surface area is 201 Å². The number of pyridine rings is 3. The number of fused-ring (bicyclic) bond motifs is 3. The van der Waals surface area contributed by atoms with Gasteiger partial charge in [-0.15, -0.1) is 0 Å². The van der Waals surface area contributed by atoms with E-state index in [-0.39, 0.29) is 11.6 Å². The van der Waals surface area contributed by atoms with E-state index in [1.165, 1.54) is 4.68 Å². The highest BCUT2D eigenvalue weighted by molar-refractivity contribution is 5.89. The minimum Gasteiger partial charge on any atom is -0.391 e. The average molecular weight is 468 g/mol. The monoisotopic (exact) mass is 467 g/mol. The van der Waals surface area contributed by atoms with Crippen molar-refractivity contribution in [3.8, 4) is 22.6 Å². The number of aliphatic hydroxyl groups is 1. The first-order valence-corrected chi connectivity index (χ1v) is 11.9. The SMILES string of the molecule is Cc1ccc(-c2ccc(Cn3nc4c(=O)n([C@@H]5CCCC[C@H]5O)nc-4c4cccnc43)cn2)cn1. The molecule has 1 N–H and O–H groups in total. The third-order valence-electron chi connectivity index (χ3n) is 6.72. The molecular formula is C26H25N7O2. The molecule has 1 saturated carbocycles. The van der Waals surface area contributed by atoms with E-state index >= 15 is 0 Å². The van der Waals surface area contributed by atoms with Crippen molar-refractivity contribution in [2.24, 2.45) is 0 Å². The Morgan fingerprint density at radius 2 is 1.86 bits per heavy atom. The number of nitrogens with zero attached hydrogens (tertiary/aromatic N) is 7. The van der Waals surface area contributed by atoms with E-state index in [1.807, 2.05) is 55.7 Å². The highest BCUT2D eigenvalue weighted by atomic mass is 16.3. The van der Waals surface area contributed by atoms with Crippen LogP contribution >= 0.6 is 0 Å². The lowest BCUT2D eigenvalue weighted by Gasteiger charge is -2.26. The van der Waals surface area contributed by atoms with Crippen LogP contribution in [0.1, 0.15) is 43.0 Å². The molecule has 9 nitrogen and oxygen atoms in total. The molecule has 2 aliphatic heterocycles. The van der Waals surface area contributed by atoms with Crippen molar-refractivity contribution in [2.75, 3.05) is 0 Å². The minimum atomic E-state index is -0.574. The van der Waals surface area contributed by atoms with E-state index in [0.717, 1.165) is 47.2 Å². The van der Waals surface area contributed by atoms with Gasteiger partial charge in [-0.2, -0.15) is 10.2 Å². The largest absolute Gasteiger partial charge is 0.391 e. The number of rotatable bonds is 4. The number of hydrogen-bond donors (Lipinski definition) is 1. The topological polar surface area (TPSA) is 112 Å². The molecule has 9 heteroatoms. The number of aromatic nitrogens is 7. The van der Waals surface area contributed by atoms with Crippen LogP contribution in [0.25, 0.3) is 33.7 Å². The molecule has 0 radical (unpaired) electrons. The molecule has 6 rings (SSSR count). The molecule has 1 aliphatic carbocycles. The summed E-state index contributed by atoms with van der Waals surface area (Å²) >= 11 is 0. The van der Waals surface area contributed by atoms with E-state index < -0.39 is 6.10 Å². The van der Waals surface area contributed by atoms with E-state index in [0.29, 0.717) is 30.0 Å². The fourth-order valence-corrected chi connectivity index (χ4v) is 4.83. The number of hydrogen-bond acceptors (Lipinski definition) is 7. The van der Waals surface area contributed by atoms with Gasteiger partial charge < -0.3 is 5.11 Å². The molecule has 35 heavy (non-hydrogen) atoms. The minimum absolute atomic E-state index is 0.272. The smallest absolute Gasteiger partial charge is 0.297 e. The van der Waals surface area contributed by atoms with Crippen LogP contribution in [0.2, 0.25) is 0 Å². The second-order valence-electron chi connectivity index (χ2n) is 9.14. The molecule has 0 bridgehead atoms. The maximum absolute atomic E-state index is 13.3. The van der Waals surface area contributed by atoms with E-state index in [9.17, 15) is 9.90 Å². The summed E-state index contributed by atoms with van der Waals surface area (Å²) in [7, 11) is 0. The fraction of sp³-hybridized carbons (Fsp3) is 0.308. The van der Waals surface area contributed by atoms with Crippen LogP contribution in [0.15, 0.2) is 59.8 Å². The van der Waals surface area contributed by atoms with Crippen LogP contribution in [0.3, 0.4) is 0 Å². The molecule has 2 atom stereocenters. The maximum Gasteiger partial charge on any atom is 0.297 e. The maximum atomic E-state index is 13.3. The van der Waals surface area contributed by atoms with Crippen molar-refractivity contribution in [1.82, 2.24) is 34.5 Å². The third kappa shape index (κ3) is 3.87. The first-order valence-electron chi connectivity index (χ1n) is 11.9. The highest BCUT2D eigenvalue weighted by Gasteiger charge is 2.31. The van der Waals surface area contributed by atoms with Gasteiger partial charge in [0.25, 0.3) is 5.56 Å². The second kappa shape index (κ2) is 8.66. The molecule has 0 saturated heterocycles. The van der Waals surface area contributed by atoms with Crippen LogP contribution in [0.4, 0.5) is 0 Å². The summed E-state index contributed by atoms with van der Waals surface area (Å²) in [6.45, 7) is 2.35. The van der Waals surface area contributed by atoms with E-state index in [4.69, 9.17) is 0 Å². The Balaban J connectivity index is 1.40. The zero-order chi connectivity index (χ0) is 23.9. The van der Waals surface area contributed by atoms with Gasteiger partial charge in [0.05, 0.1) is 24.4 Å². The Bertz CT molecular complexity index is 1520. The standard InChI is InChI=1S/C26H25N7O2/c1-16-8-10-18(14-28-16)20-11-9-17(13-29-20)15-32-25-19(5-4-12-27-25)23-24(30-32)26(35)33(31-23)21-6-2-3-7-22(21)34/h4-5,8-14,21-22,34H,2-3,6-7,15H2,1H3/t21-,22-/m1/s1. The van der Waals surface area contributed by atoms with Gasteiger partial charge in [0.1, 0.15) is 5.69 Å². The van der Waals surface area contributed by atoms with Gasteiger partial charge in [-0.25, -0.2) is 14.3 Å². The summed E-state index contributed by atoms with van der Waals surface area (Å²) in [5.41, 5.74) is 4.86. The van der Waals surface area contributed by atoms with Gasteiger partial charge in [0, 0.05) is 35.2 Å². The summed E-state index contributed by atoms with van der Waals surface area (Å²) < 4.78 is 3.16. The Hall–Kier alpha value is -3.98. The third-order valence-corrected chi connectivity index (χ3v) is 6.72. The quantitative estimate of drug-likeness (QED) is 0.431. The first kappa shape index (κ1) is 21.5. The second-order valence-corrected chi connectivity index (χ2v) is 9.14. The average Bonchev–Trinajstić information content (AvgIpc) is 3.21. The van der Waals surface area contributed by atoms with Gasteiger partial charge in [-0.1, -0.05) is 18.9 Å².